The number of benzene rings is 1. The second-order valence-corrected chi connectivity index (χ2v) is 6.73. The SMILES string of the molecule is CC(C)NC(=O)c1nc(C(=O)Nc2c(Cl)cccc2Cl)c2ccccn12. The number of imidazole rings is 1. The molecule has 0 aliphatic carbocycles. The van der Waals surface area contributed by atoms with Crippen LogP contribution in [-0.4, -0.2) is 27.2 Å². The number of hydrogen-bond donors (Lipinski definition) is 2. The first-order valence-corrected chi connectivity index (χ1v) is 8.67. The maximum absolute atomic E-state index is 12.8. The van der Waals surface area contributed by atoms with Crippen LogP contribution in [0.15, 0.2) is 42.6 Å². The molecule has 1 aromatic carbocycles. The third-order valence-electron chi connectivity index (χ3n) is 3.59. The average molecular weight is 391 g/mol. The number of amides is 2. The van der Waals surface area contributed by atoms with Crippen LogP contribution >= 0.6 is 23.2 Å². The lowest BCUT2D eigenvalue weighted by Crippen LogP contribution is -2.31. The van der Waals surface area contributed by atoms with Crippen molar-refractivity contribution < 1.29 is 9.59 Å². The van der Waals surface area contributed by atoms with Crippen molar-refractivity contribution in [1.82, 2.24) is 14.7 Å². The standard InChI is InChI=1S/C18H16Cl2N4O2/c1-10(2)21-18(26)16-22-15(13-8-3-4-9-24(13)16)17(25)23-14-11(19)6-5-7-12(14)20/h3-10H,1-2H3,(H,21,26)(H,23,25). The first-order valence-electron chi connectivity index (χ1n) is 7.91. The number of halogens is 2. The van der Waals surface area contributed by atoms with Crippen LogP contribution in [0.25, 0.3) is 5.52 Å². The van der Waals surface area contributed by atoms with Crippen molar-refractivity contribution in [2.75, 3.05) is 5.32 Å². The molecule has 2 N–H and O–H groups in total. The van der Waals surface area contributed by atoms with E-state index >= 15 is 0 Å². The quantitative estimate of drug-likeness (QED) is 0.705. The van der Waals surface area contributed by atoms with E-state index in [-0.39, 0.29) is 23.5 Å². The van der Waals surface area contributed by atoms with Gasteiger partial charge in [0.2, 0.25) is 5.82 Å². The number of para-hydroxylation sites is 1. The number of pyridine rings is 1. The van der Waals surface area contributed by atoms with Gasteiger partial charge >= 0.3 is 0 Å². The van der Waals surface area contributed by atoms with Gasteiger partial charge in [0.05, 0.1) is 21.2 Å². The molecule has 3 aromatic rings. The molecule has 0 fully saturated rings. The number of fused-ring (bicyclic) bond motifs is 1. The molecule has 3 rings (SSSR count). The van der Waals surface area contributed by atoms with Gasteiger partial charge in [-0.2, -0.15) is 0 Å². The molecule has 26 heavy (non-hydrogen) atoms. The minimum absolute atomic E-state index is 0.0576. The summed E-state index contributed by atoms with van der Waals surface area (Å²) in [6.07, 6.45) is 1.68. The summed E-state index contributed by atoms with van der Waals surface area (Å²) in [4.78, 5) is 29.4. The van der Waals surface area contributed by atoms with Crippen molar-refractivity contribution in [2.24, 2.45) is 0 Å². The van der Waals surface area contributed by atoms with Crippen molar-refractivity contribution in [1.29, 1.82) is 0 Å². The predicted molar refractivity (Wildman–Crippen MR) is 102 cm³/mol. The lowest BCUT2D eigenvalue weighted by Gasteiger charge is -2.07. The van der Waals surface area contributed by atoms with Crippen molar-refractivity contribution in [2.45, 2.75) is 19.9 Å². The molecule has 0 bridgehead atoms. The first kappa shape index (κ1) is 18.2. The molecule has 0 atom stereocenters. The molecule has 2 aromatic heterocycles. The van der Waals surface area contributed by atoms with Crippen LogP contribution in [0.1, 0.15) is 35.0 Å². The predicted octanol–water partition coefficient (Wildman–Crippen LogP) is 4.03. The summed E-state index contributed by atoms with van der Waals surface area (Å²) >= 11 is 12.2. The summed E-state index contributed by atoms with van der Waals surface area (Å²) in [5.74, 6) is -0.743. The maximum atomic E-state index is 12.8. The lowest BCUT2D eigenvalue weighted by atomic mass is 10.2. The van der Waals surface area contributed by atoms with Crippen LogP contribution in [-0.2, 0) is 0 Å². The summed E-state index contributed by atoms with van der Waals surface area (Å²) in [6.45, 7) is 3.70. The van der Waals surface area contributed by atoms with E-state index in [0.717, 1.165) is 0 Å². The molecule has 8 heteroatoms. The number of rotatable bonds is 4. The third kappa shape index (κ3) is 3.52. The largest absolute Gasteiger partial charge is 0.347 e. The lowest BCUT2D eigenvalue weighted by molar-refractivity contribution is 0.0932. The number of nitrogens with zero attached hydrogens (tertiary/aromatic N) is 2. The zero-order chi connectivity index (χ0) is 18.8. The van der Waals surface area contributed by atoms with Crippen LogP contribution in [0.3, 0.4) is 0 Å². The Morgan fingerprint density at radius 3 is 2.38 bits per heavy atom. The molecule has 0 saturated heterocycles. The van der Waals surface area contributed by atoms with Gasteiger partial charge in [0.15, 0.2) is 5.69 Å². The molecule has 0 aliphatic rings. The smallest absolute Gasteiger partial charge is 0.287 e. The fourth-order valence-electron chi connectivity index (χ4n) is 2.48. The molecule has 2 amide bonds. The van der Waals surface area contributed by atoms with E-state index in [1.54, 1.807) is 47.0 Å². The van der Waals surface area contributed by atoms with E-state index in [9.17, 15) is 9.59 Å². The van der Waals surface area contributed by atoms with E-state index in [1.807, 2.05) is 13.8 Å². The highest BCUT2D eigenvalue weighted by molar-refractivity contribution is 6.40. The van der Waals surface area contributed by atoms with Gasteiger partial charge in [0.25, 0.3) is 11.8 Å². The van der Waals surface area contributed by atoms with Crippen LogP contribution in [0.5, 0.6) is 0 Å². The van der Waals surface area contributed by atoms with Crippen LogP contribution in [0.4, 0.5) is 5.69 Å². The zero-order valence-electron chi connectivity index (χ0n) is 14.1. The van der Waals surface area contributed by atoms with Crippen molar-refractivity contribution in [3.63, 3.8) is 0 Å². The molecule has 0 aliphatic heterocycles. The maximum Gasteiger partial charge on any atom is 0.287 e. The fraction of sp³-hybridized carbons (Fsp3) is 0.167. The molecular formula is C18H16Cl2N4O2. The first-order chi connectivity index (χ1) is 12.4. The Kier molecular flexibility index (Phi) is 5.15. The van der Waals surface area contributed by atoms with Gasteiger partial charge in [-0.15, -0.1) is 0 Å². The van der Waals surface area contributed by atoms with Gasteiger partial charge in [-0.3, -0.25) is 14.0 Å². The summed E-state index contributed by atoms with van der Waals surface area (Å²) in [5, 5.41) is 6.07. The summed E-state index contributed by atoms with van der Waals surface area (Å²) in [6, 6.07) is 10.1. The molecule has 2 heterocycles. The second-order valence-electron chi connectivity index (χ2n) is 5.92. The number of carbonyl (C=O) groups is 2. The van der Waals surface area contributed by atoms with Crippen molar-refractivity contribution in [3.05, 3.63) is 64.2 Å². The van der Waals surface area contributed by atoms with Crippen molar-refractivity contribution in [3.8, 4) is 0 Å². The number of hydrogen-bond acceptors (Lipinski definition) is 3. The summed E-state index contributed by atoms with van der Waals surface area (Å²) in [5.41, 5.74) is 0.906. The van der Waals surface area contributed by atoms with E-state index in [4.69, 9.17) is 23.2 Å². The molecule has 0 unspecified atom stereocenters. The minimum atomic E-state index is -0.507. The monoisotopic (exact) mass is 390 g/mol. The van der Waals surface area contributed by atoms with E-state index in [0.29, 0.717) is 21.2 Å². The third-order valence-corrected chi connectivity index (χ3v) is 4.22. The van der Waals surface area contributed by atoms with Gasteiger partial charge in [0.1, 0.15) is 0 Å². The highest BCUT2D eigenvalue weighted by Gasteiger charge is 2.22. The van der Waals surface area contributed by atoms with Crippen LogP contribution in [0, 0.1) is 0 Å². The normalized spacial score (nSPS) is 11.0. The van der Waals surface area contributed by atoms with Crippen LogP contribution in [0.2, 0.25) is 10.0 Å². The number of nitrogens with one attached hydrogen (secondary N) is 2. The van der Waals surface area contributed by atoms with Gasteiger partial charge in [-0.05, 0) is 38.1 Å². The minimum Gasteiger partial charge on any atom is -0.347 e. The summed E-state index contributed by atoms with van der Waals surface area (Å²) < 4.78 is 1.57. The van der Waals surface area contributed by atoms with Crippen LogP contribution < -0.4 is 10.6 Å². The van der Waals surface area contributed by atoms with Gasteiger partial charge in [0, 0.05) is 12.2 Å². The number of carbonyl (C=O) groups excluding carboxylic acids is 2. The Morgan fingerprint density at radius 2 is 1.73 bits per heavy atom. The Balaban J connectivity index is 2.02. The molecule has 0 saturated carbocycles. The highest BCUT2D eigenvalue weighted by atomic mass is 35.5. The molecule has 0 spiro atoms. The van der Waals surface area contributed by atoms with E-state index in [2.05, 4.69) is 15.6 Å². The molecule has 134 valence electrons. The van der Waals surface area contributed by atoms with Gasteiger partial charge in [-0.1, -0.05) is 35.3 Å². The molecular weight excluding hydrogens is 375 g/mol. The van der Waals surface area contributed by atoms with Gasteiger partial charge < -0.3 is 10.6 Å². The average Bonchev–Trinajstić information content (AvgIpc) is 2.97. The van der Waals surface area contributed by atoms with E-state index < -0.39 is 5.91 Å². The van der Waals surface area contributed by atoms with E-state index in [1.165, 1.54) is 0 Å². The Hall–Kier alpha value is -2.57. The Labute approximate surface area is 160 Å². The Morgan fingerprint density at radius 1 is 1.04 bits per heavy atom. The second kappa shape index (κ2) is 7.35. The molecule has 6 nitrogen and oxygen atoms in total. The Bertz CT molecular complexity index is 978. The summed E-state index contributed by atoms with van der Waals surface area (Å²) in [7, 11) is 0. The van der Waals surface area contributed by atoms with Gasteiger partial charge in [-0.25, -0.2) is 4.98 Å². The number of anilines is 1. The van der Waals surface area contributed by atoms with Crippen molar-refractivity contribution >= 4 is 46.2 Å². The highest BCUT2D eigenvalue weighted by Crippen LogP contribution is 2.30. The fourth-order valence-corrected chi connectivity index (χ4v) is 2.97. The topological polar surface area (TPSA) is 75.5 Å². The molecule has 0 radical (unpaired) electrons. The zero-order valence-corrected chi connectivity index (χ0v) is 15.6. The number of aromatic nitrogens is 2.